The number of aromatic carboxylic acids is 1. The van der Waals surface area contributed by atoms with Crippen LogP contribution in [0.25, 0.3) is 0 Å². The first-order valence-electron chi connectivity index (χ1n) is 9.38. The van der Waals surface area contributed by atoms with Crippen LogP contribution < -0.4 is 14.8 Å². The molecule has 4 rings (SSSR count). The molecule has 0 atom stereocenters. The molecule has 1 heterocycles. The van der Waals surface area contributed by atoms with Gasteiger partial charge in [0, 0.05) is 6.04 Å². The summed E-state index contributed by atoms with van der Waals surface area (Å²) in [6.45, 7) is 0.253. The molecule has 2 saturated carbocycles. The fraction of sp³-hybridized carbons (Fsp3) is 0.450. The smallest absolute Gasteiger partial charge is 0.407 e. The number of carbonyl (C=O) groups excluding carboxylic acids is 1. The van der Waals surface area contributed by atoms with Crippen LogP contribution in [0.4, 0.5) is 4.79 Å². The molecule has 29 heavy (non-hydrogen) atoms. The van der Waals surface area contributed by atoms with Gasteiger partial charge < -0.3 is 24.6 Å². The van der Waals surface area contributed by atoms with Crippen molar-refractivity contribution in [2.75, 3.05) is 7.11 Å². The van der Waals surface area contributed by atoms with Crippen LogP contribution in [0.1, 0.15) is 40.9 Å². The molecule has 9 heteroatoms. The second-order valence-corrected chi connectivity index (χ2v) is 8.54. The lowest BCUT2D eigenvalue weighted by atomic mass is 9.53. The number of nitrogens with one attached hydrogen (secondary N) is 1. The van der Waals surface area contributed by atoms with Crippen LogP contribution in [0.2, 0.25) is 0 Å². The molecule has 1 aromatic carbocycles. The summed E-state index contributed by atoms with van der Waals surface area (Å²) >= 11 is 0.955. The molecule has 8 nitrogen and oxygen atoms in total. The molecule has 0 radical (unpaired) electrons. The van der Waals surface area contributed by atoms with Crippen LogP contribution in [-0.4, -0.2) is 41.4 Å². The van der Waals surface area contributed by atoms with Crippen molar-refractivity contribution in [2.45, 2.75) is 44.4 Å². The molecule has 0 bridgehead atoms. The Kier molecular flexibility index (Phi) is 5.31. The molecular formula is C20H22N2O6S. The van der Waals surface area contributed by atoms with Gasteiger partial charge in [-0.3, -0.25) is 0 Å². The third-order valence-corrected chi connectivity index (χ3v) is 6.42. The Morgan fingerprint density at radius 1 is 1.24 bits per heavy atom. The van der Waals surface area contributed by atoms with E-state index in [1.54, 1.807) is 0 Å². The summed E-state index contributed by atoms with van der Waals surface area (Å²) in [6, 6.07) is 9.65. The van der Waals surface area contributed by atoms with E-state index in [4.69, 9.17) is 14.2 Å². The highest BCUT2D eigenvalue weighted by atomic mass is 32.1. The molecule has 0 unspecified atom stereocenters. The van der Waals surface area contributed by atoms with Crippen LogP contribution in [-0.2, 0) is 11.3 Å². The first-order valence-corrected chi connectivity index (χ1v) is 10.2. The molecule has 1 aromatic heterocycles. The molecule has 2 N–H and O–H groups in total. The number of thiazole rings is 1. The van der Waals surface area contributed by atoms with Crippen LogP contribution in [0.5, 0.6) is 11.1 Å². The fourth-order valence-electron chi connectivity index (χ4n) is 4.09. The van der Waals surface area contributed by atoms with Crippen molar-refractivity contribution in [1.29, 1.82) is 0 Å². The van der Waals surface area contributed by atoms with Gasteiger partial charge in [0.2, 0.25) is 5.88 Å². The first-order chi connectivity index (χ1) is 14.0. The molecule has 1 spiro atoms. The Morgan fingerprint density at radius 2 is 1.97 bits per heavy atom. The molecule has 2 fully saturated rings. The third kappa shape index (κ3) is 4.29. The van der Waals surface area contributed by atoms with Crippen molar-refractivity contribution in [3.8, 4) is 11.1 Å². The van der Waals surface area contributed by atoms with Gasteiger partial charge >= 0.3 is 12.1 Å². The lowest BCUT2D eigenvalue weighted by molar-refractivity contribution is -0.0856. The van der Waals surface area contributed by atoms with E-state index < -0.39 is 12.1 Å². The number of nitrogens with zero attached hydrogens (tertiary/aromatic N) is 1. The maximum absolute atomic E-state index is 11.9. The fourth-order valence-corrected chi connectivity index (χ4v) is 4.74. The van der Waals surface area contributed by atoms with Crippen LogP contribution in [0.15, 0.2) is 30.3 Å². The van der Waals surface area contributed by atoms with Crippen molar-refractivity contribution < 1.29 is 28.9 Å². The van der Waals surface area contributed by atoms with Gasteiger partial charge in [0.15, 0.2) is 4.88 Å². The highest BCUT2D eigenvalue weighted by Crippen LogP contribution is 2.57. The number of amides is 1. The zero-order valence-corrected chi connectivity index (χ0v) is 16.7. The molecule has 2 aliphatic rings. The van der Waals surface area contributed by atoms with E-state index in [1.807, 2.05) is 30.3 Å². The van der Waals surface area contributed by atoms with E-state index in [9.17, 15) is 14.7 Å². The van der Waals surface area contributed by atoms with Gasteiger partial charge in [-0.25, -0.2) is 9.59 Å². The van der Waals surface area contributed by atoms with E-state index >= 15 is 0 Å². The van der Waals surface area contributed by atoms with Crippen molar-refractivity contribution in [2.24, 2.45) is 5.41 Å². The predicted octanol–water partition coefficient (Wildman–Crippen LogP) is 3.47. The maximum Gasteiger partial charge on any atom is 0.407 e. The van der Waals surface area contributed by atoms with Gasteiger partial charge in [-0.05, 0) is 36.7 Å². The standard InChI is InChI=1S/C20H22N2O6S/c1-26-19-22-16(15(29-19)17(23)24)28-14-9-20(10-14)7-13(8-20)21-18(25)27-11-12-5-3-2-4-6-12/h2-6,13-14H,7-11H2,1H3,(H,21,25)(H,23,24). The van der Waals surface area contributed by atoms with Crippen molar-refractivity contribution in [1.82, 2.24) is 10.3 Å². The third-order valence-electron chi connectivity index (χ3n) is 5.44. The van der Waals surface area contributed by atoms with E-state index in [0.29, 0.717) is 0 Å². The van der Waals surface area contributed by atoms with Crippen LogP contribution in [0, 0.1) is 5.41 Å². The van der Waals surface area contributed by atoms with Crippen molar-refractivity contribution in [3.63, 3.8) is 0 Å². The largest absolute Gasteiger partial charge is 0.477 e. The monoisotopic (exact) mass is 418 g/mol. The number of carbonyl (C=O) groups is 2. The van der Waals surface area contributed by atoms with E-state index in [2.05, 4.69) is 10.3 Å². The minimum atomic E-state index is -1.07. The number of methoxy groups -OCH3 is 1. The lowest BCUT2D eigenvalue weighted by Gasteiger charge is -2.56. The summed E-state index contributed by atoms with van der Waals surface area (Å²) in [5, 5.41) is 12.4. The Labute approximate surface area is 171 Å². The number of ether oxygens (including phenoxy) is 3. The summed E-state index contributed by atoms with van der Waals surface area (Å²) in [4.78, 5) is 27.4. The van der Waals surface area contributed by atoms with Crippen LogP contribution >= 0.6 is 11.3 Å². The van der Waals surface area contributed by atoms with Gasteiger partial charge in [0.05, 0.1) is 7.11 Å². The number of carboxylic acids is 1. The summed E-state index contributed by atoms with van der Waals surface area (Å²) in [6.07, 6.45) is 2.93. The summed E-state index contributed by atoms with van der Waals surface area (Å²) < 4.78 is 16.0. The number of aromatic nitrogens is 1. The first kappa shape index (κ1) is 19.5. The van der Waals surface area contributed by atoms with Crippen LogP contribution in [0.3, 0.4) is 0 Å². The quantitative estimate of drug-likeness (QED) is 0.709. The minimum absolute atomic E-state index is 0.0529. The summed E-state index contributed by atoms with van der Waals surface area (Å²) in [5.74, 6) is -0.950. The van der Waals surface area contributed by atoms with Gasteiger partial charge in [0.25, 0.3) is 5.19 Å². The van der Waals surface area contributed by atoms with E-state index in [-0.39, 0.29) is 40.1 Å². The Balaban J connectivity index is 1.19. The number of hydrogen-bond donors (Lipinski definition) is 2. The zero-order chi connectivity index (χ0) is 20.4. The normalized spacial score (nSPS) is 24.9. The SMILES string of the molecule is COc1nc(OC2CC3(CC(NC(=O)OCc4ccccc4)C3)C2)c(C(=O)O)s1. The Morgan fingerprint density at radius 3 is 2.62 bits per heavy atom. The summed E-state index contributed by atoms with van der Waals surface area (Å²) in [7, 11) is 1.44. The Hall–Kier alpha value is -2.81. The average Bonchev–Trinajstić information content (AvgIpc) is 3.07. The molecular weight excluding hydrogens is 396 g/mol. The summed E-state index contributed by atoms with van der Waals surface area (Å²) in [5.41, 5.74) is 1.11. The zero-order valence-electron chi connectivity index (χ0n) is 15.9. The molecule has 154 valence electrons. The van der Waals surface area contributed by atoms with Gasteiger partial charge in [-0.2, -0.15) is 4.98 Å². The molecule has 2 aromatic rings. The van der Waals surface area contributed by atoms with Gasteiger partial charge in [-0.15, -0.1) is 0 Å². The molecule has 2 aliphatic carbocycles. The highest BCUT2D eigenvalue weighted by molar-refractivity contribution is 7.15. The maximum atomic E-state index is 11.9. The van der Waals surface area contributed by atoms with E-state index in [0.717, 1.165) is 42.6 Å². The van der Waals surface area contributed by atoms with Crippen molar-refractivity contribution >= 4 is 23.4 Å². The van der Waals surface area contributed by atoms with Gasteiger partial charge in [0.1, 0.15) is 12.7 Å². The van der Waals surface area contributed by atoms with Gasteiger partial charge in [-0.1, -0.05) is 41.7 Å². The number of benzene rings is 1. The second-order valence-electron chi connectivity index (χ2n) is 7.58. The molecule has 1 amide bonds. The van der Waals surface area contributed by atoms with E-state index in [1.165, 1.54) is 7.11 Å². The minimum Gasteiger partial charge on any atom is -0.477 e. The number of hydrogen-bond acceptors (Lipinski definition) is 7. The Bertz CT molecular complexity index is 886. The number of carboxylic acid groups (broad SMARTS) is 1. The van der Waals surface area contributed by atoms with Crippen molar-refractivity contribution in [3.05, 3.63) is 40.8 Å². The predicted molar refractivity (Wildman–Crippen MR) is 104 cm³/mol. The molecule has 0 aliphatic heterocycles. The average molecular weight is 418 g/mol. The lowest BCUT2D eigenvalue weighted by Crippen LogP contribution is -2.58. The number of rotatable bonds is 7. The number of alkyl carbamates (subject to hydrolysis) is 1. The molecule has 0 saturated heterocycles. The second kappa shape index (κ2) is 7.90. The highest BCUT2D eigenvalue weighted by Gasteiger charge is 2.54. The topological polar surface area (TPSA) is 107 Å².